The number of pyridine rings is 2. The van der Waals surface area contributed by atoms with Crippen LogP contribution in [-0.2, 0) is 0 Å². The average molecular weight is 665 g/mol. The summed E-state index contributed by atoms with van der Waals surface area (Å²) in [7, 11) is 0. The van der Waals surface area contributed by atoms with E-state index in [1.807, 2.05) is 24.3 Å². The quantitative estimate of drug-likeness (QED) is 0.207. The Hall–Kier alpha value is -6.86. The summed E-state index contributed by atoms with van der Waals surface area (Å²) in [6.45, 7) is 0.113. The summed E-state index contributed by atoms with van der Waals surface area (Å²) in [4.78, 5) is 25.8. The molecule has 7 nitrogen and oxygen atoms in total. The molecule has 7 aromatic rings. The maximum absolute atomic E-state index is 5.02. The Balaban J connectivity index is 1.14. The number of aromatic nitrogens is 5. The summed E-state index contributed by atoms with van der Waals surface area (Å²) < 4.78 is 2.48. The van der Waals surface area contributed by atoms with Gasteiger partial charge >= 0.3 is 13.8 Å². The molecule has 0 spiro atoms. The van der Waals surface area contributed by atoms with Gasteiger partial charge in [-0.1, -0.05) is 103 Å². The van der Waals surface area contributed by atoms with Gasteiger partial charge in [-0.15, -0.1) is 0 Å². The van der Waals surface area contributed by atoms with Gasteiger partial charge in [-0.05, 0) is 75.7 Å². The molecule has 0 atom stereocenters. The fourth-order valence-electron chi connectivity index (χ4n) is 7.53. The number of hydrogen-bond donors (Lipinski definition) is 0. The van der Waals surface area contributed by atoms with Crippen LogP contribution in [0.5, 0.6) is 0 Å². The van der Waals surface area contributed by atoms with Crippen molar-refractivity contribution in [3.63, 3.8) is 0 Å². The van der Waals surface area contributed by atoms with Gasteiger partial charge in [0.2, 0.25) is 0 Å². The van der Waals surface area contributed by atoms with Gasteiger partial charge in [0, 0.05) is 58.4 Å². The van der Waals surface area contributed by atoms with E-state index < -0.39 is 0 Å². The van der Waals surface area contributed by atoms with Crippen LogP contribution in [0.15, 0.2) is 164 Å². The molecule has 0 unspecified atom stereocenters. The molecule has 6 heterocycles. The maximum Gasteiger partial charge on any atom is 0.395 e. The lowest BCUT2D eigenvalue weighted by Gasteiger charge is -2.48. The van der Waals surface area contributed by atoms with Crippen molar-refractivity contribution in [3.05, 3.63) is 180 Å². The standard InChI is InChI=1S/C43H29B2N7/c1-2-9-30(10-3-1)37-27-33(43-49-41(31-18-23-46-24-19-31)48-42(50-43)32-20-25-47-26-21-32)16-17-36(37)39-15-8-22-45-51-29-35-12-5-4-11-34(35)28-44(51)38-13-6-7-14-40(38)52(39)45/h1-29H. The zero-order chi connectivity index (χ0) is 34.4. The lowest BCUT2D eigenvalue weighted by Crippen LogP contribution is -2.66. The molecule has 52 heavy (non-hydrogen) atoms. The highest BCUT2D eigenvalue weighted by Gasteiger charge is 2.44. The van der Waals surface area contributed by atoms with Gasteiger partial charge in [-0.3, -0.25) is 9.97 Å². The Labute approximate surface area is 302 Å². The molecule has 0 amide bonds. The third kappa shape index (κ3) is 5.14. The van der Waals surface area contributed by atoms with Crippen molar-refractivity contribution in [2.45, 2.75) is 0 Å². The third-order valence-corrected chi connectivity index (χ3v) is 9.98. The van der Waals surface area contributed by atoms with E-state index in [4.69, 9.17) is 15.0 Å². The minimum atomic E-state index is -0.0119. The van der Waals surface area contributed by atoms with Crippen LogP contribution < -0.4 is 20.7 Å². The Kier molecular flexibility index (Phi) is 7.20. The average Bonchev–Trinajstić information content (AvgIpc) is 3.23. The number of para-hydroxylation sites is 1. The van der Waals surface area contributed by atoms with Crippen LogP contribution in [0, 0.1) is 0 Å². The molecular weight excluding hydrogens is 636 g/mol. The van der Waals surface area contributed by atoms with Gasteiger partial charge in [-0.2, -0.15) is 0 Å². The normalized spacial score (nSPS) is 14.0. The summed E-state index contributed by atoms with van der Waals surface area (Å²) in [6.07, 6.45) is 13.8. The number of fused-ring (bicyclic) bond motifs is 7. The molecule has 4 aromatic carbocycles. The zero-order valence-electron chi connectivity index (χ0n) is 28.0. The fourth-order valence-corrected chi connectivity index (χ4v) is 7.53. The third-order valence-electron chi connectivity index (χ3n) is 9.98. The first-order valence-corrected chi connectivity index (χ1v) is 17.4. The number of hydrogen-bond acceptors (Lipinski definition) is 7. The van der Waals surface area contributed by atoms with E-state index in [9.17, 15) is 0 Å². The van der Waals surface area contributed by atoms with Crippen molar-refractivity contribution in [3.8, 4) is 45.3 Å². The molecule has 3 aliphatic rings. The van der Waals surface area contributed by atoms with Crippen molar-refractivity contribution in [2.24, 2.45) is 0 Å². The lowest BCUT2D eigenvalue weighted by atomic mass is 9.42. The summed E-state index contributed by atoms with van der Waals surface area (Å²) >= 11 is 0. The number of anilines is 1. The Morgan fingerprint density at radius 2 is 1.15 bits per heavy atom. The monoisotopic (exact) mass is 665 g/mol. The maximum atomic E-state index is 5.02. The van der Waals surface area contributed by atoms with Crippen molar-refractivity contribution >= 4 is 42.9 Å². The molecule has 3 aliphatic heterocycles. The second-order valence-electron chi connectivity index (χ2n) is 13.0. The largest absolute Gasteiger partial charge is 0.436 e. The van der Waals surface area contributed by atoms with E-state index in [2.05, 4.69) is 147 Å². The zero-order valence-corrected chi connectivity index (χ0v) is 28.0. The van der Waals surface area contributed by atoms with E-state index in [-0.39, 0.29) is 13.8 Å². The van der Waals surface area contributed by atoms with Crippen LogP contribution in [0.2, 0.25) is 0 Å². The van der Waals surface area contributed by atoms with E-state index in [0.717, 1.165) is 39.1 Å². The molecule has 0 fully saturated rings. The first-order valence-electron chi connectivity index (χ1n) is 17.4. The number of allylic oxidation sites excluding steroid dienone is 2. The van der Waals surface area contributed by atoms with Gasteiger partial charge in [0.05, 0.1) is 0 Å². The van der Waals surface area contributed by atoms with Crippen LogP contribution in [-0.4, -0.2) is 43.5 Å². The highest BCUT2D eigenvalue weighted by atomic mass is 15.2. The lowest BCUT2D eigenvalue weighted by molar-refractivity contribution is 0.948. The molecule has 0 saturated heterocycles. The topological polar surface area (TPSA) is 70.9 Å². The van der Waals surface area contributed by atoms with Gasteiger partial charge in [0.15, 0.2) is 17.5 Å². The van der Waals surface area contributed by atoms with Gasteiger partial charge < -0.3 is 9.53 Å². The summed E-state index contributed by atoms with van der Waals surface area (Å²) in [5.74, 6) is 6.46. The van der Waals surface area contributed by atoms with Crippen molar-refractivity contribution in [2.75, 3.05) is 4.81 Å². The van der Waals surface area contributed by atoms with Crippen LogP contribution in [0.4, 0.5) is 5.69 Å². The van der Waals surface area contributed by atoms with Crippen LogP contribution >= 0.6 is 0 Å². The van der Waals surface area contributed by atoms with Crippen LogP contribution in [0.3, 0.4) is 0 Å². The van der Waals surface area contributed by atoms with Crippen LogP contribution in [0.1, 0.15) is 5.56 Å². The van der Waals surface area contributed by atoms with E-state index >= 15 is 0 Å². The Morgan fingerprint density at radius 3 is 1.88 bits per heavy atom. The highest BCUT2D eigenvalue weighted by molar-refractivity contribution is 6.96. The molecule has 0 radical (unpaired) electrons. The molecule has 0 aliphatic carbocycles. The molecule has 0 saturated carbocycles. The van der Waals surface area contributed by atoms with Gasteiger partial charge in [0.25, 0.3) is 0 Å². The van der Waals surface area contributed by atoms with Crippen molar-refractivity contribution in [1.82, 2.24) is 29.6 Å². The molecule has 0 N–H and O–H groups in total. The van der Waals surface area contributed by atoms with Crippen molar-refractivity contribution in [1.29, 1.82) is 0 Å². The fraction of sp³-hybridized carbons (Fsp3) is 0. The number of rotatable bonds is 5. The number of nitrogens with zero attached hydrogens (tertiary/aromatic N) is 7. The smallest absolute Gasteiger partial charge is 0.395 e. The minimum Gasteiger partial charge on any atom is -0.436 e. The second-order valence-corrected chi connectivity index (χ2v) is 13.0. The predicted octanol–water partition coefficient (Wildman–Crippen LogP) is 6.06. The van der Waals surface area contributed by atoms with Gasteiger partial charge in [-0.25, -0.2) is 15.0 Å². The first kappa shape index (κ1) is 30.0. The summed E-state index contributed by atoms with van der Waals surface area (Å²) in [6, 6.07) is 42.3. The van der Waals surface area contributed by atoms with Crippen LogP contribution in [0.25, 0.3) is 63.2 Å². The van der Waals surface area contributed by atoms with Crippen molar-refractivity contribution < 1.29 is 0 Å². The highest BCUT2D eigenvalue weighted by Crippen LogP contribution is 2.40. The first-order chi connectivity index (χ1) is 25.8. The molecule has 10 rings (SSSR count). The molecule has 3 aromatic heterocycles. The second kappa shape index (κ2) is 12.5. The molecule has 242 valence electrons. The van der Waals surface area contributed by atoms with Gasteiger partial charge in [0.1, 0.15) is 0 Å². The summed E-state index contributed by atoms with van der Waals surface area (Å²) in [5, 5.41) is 2.49. The Morgan fingerprint density at radius 1 is 0.519 bits per heavy atom. The van der Waals surface area contributed by atoms with E-state index in [1.165, 1.54) is 21.6 Å². The Bertz CT molecular complexity index is 2610. The molecule has 9 heteroatoms. The summed E-state index contributed by atoms with van der Waals surface area (Å²) in [5.41, 5.74) is 9.57. The SMILES string of the molecule is C1=CB2N3C=c4ccccc4=CB3c3ccccc3N2C(c2ccc(-c3nc(-c4ccncc4)nc(-c4ccncc4)n3)cc2-c2ccccc2)=C1. The predicted molar refractivity (Wildman–Crippen MR) is 211 cm³/mol. The van der Waals surface area contributed by atoms with E-state index in [1.54, 1.807) is 24.8 Å². The molecular formula is C43H29B2N7. The van der Waals surface area contributed by atoms with E-state index in [0.29, 0.717) is 17.5 Å². The molecule has 0 bridgehead atoms. The minimum absolute atomic E-state index is 0.0119. The number of benzene rings is 4.